The van der Waals surface area contributed by atoms with Gasteiger partial charge in [-0.05, 0) is 42.5 Å². The van der Waals surface area contributed by atoms with E-state index in [4.69, 9.17) is 28.6 Å². The van der Waals surface area contributed by atoms with E-state index in [0.29, 0.717) is 16.5 Å². The molecule has 0 atom stereocenters. The van der Waals surface area contributed by atoms with Gasteiger partial charge in [-0.1, -0.05) is 23.7 Å². The van der Waals surface area contributed by atoms with E-state index in [1.807, 2.05) is 0 Å². The average Bonchev–Trinajstić information content (AvgIpc) is 2.47. The molecule has 0 aliphatic heterocycles. The number of ether oxygens (including phenoxy) is 1. The van der Waals surface area contributed by atoms with Gasteiger partial charge in [-0.25, -0.2) is 4.39 Å². The fourth-order valence-electron chi connectivity index (χ4n) is 1.75. The number of carbonyl (C=O) groups is 1. The third-order valence-electron chi connectivity index (χ3n) is 2.76. The lowest BCUT2D eigenvalue weighted by molar-refractivity contribution is 0.0974. The lowest BCUT2D eigenvalue weighted by Gasteiger charge is -2.13. The Labute approximate surface area is 137 Å². The summed E-state index contributed by atoms with van der Waals surface area (Å²) in [5, 5.41) is 5.68. The summed E-state index contributed by atoms with van der Waals surface area (Å²) >= 11 is 10.9. The summed E-state index contributed by atoms with van der Waals surface area (Å²) in [4.78, 5) is 12.0. The van der Waals surface area contributed by atoms with E-state index in [2.05, 4.69) is 10.6 Å². The fraction of sp³-hybridized carbons (Fsp3) is 0.0667. The first-order chi connectivity index (χ1) is 10.5. The Morgan fingerprint density at radius 3 is 2.68 bits per heavy atom. The minimum atomic E-state index is -0.642. The number of nitrogens with one attached hydrogen (secondary N) is 2. The molecule has 0 aliphatic carbocycles. The van der Waals surface area contributed by atoms with Crippen LogP contribution in [0.25, 0.3) is 0 Å². The summed E-state index contributed by atoms with van der Waals surface area (Å²) in [6.45, 7) is 0. The third-order valence-corrected chi connectivity index (χ3v) is 3.19. The zero-order chi connectivity index (χ0) is 16.1. The van der Waals surface area contributed by atoms with Crippen LogP contribution < -0.4 is 15.4 Å². The van der Waals surface area contributed by atoms with Gasteiger partial charge in [0, 0.05) is 5.02 Å². The molecule has 0 bridgehead atoms. The molecule has 2 N–H and O–H groups in total. The smallest absolute Gasteiger partial charge is 0.260 e. The molecule has 2 rings (SSSR count). The summed E-state index contributed by atoms with van der Waals surface area (Å²) in [6.07, 6.45) is 0. The largest absolute Gasteiger partial charge is 0.495 e. The second kappa shape index (κ2) is 7.20. The van der Waals surface area contributed by atoms with Gasteiger partial charge in [-0.2, -0.15) is 0 Å². The van der Waals surface area contributed by atoms with Crippen molar-refractivity contribution in [2.24, 2.45) is 0 Å². The van der Waals surface area contributed by atoms with Gasteiger partial charge in [0.2, 0.25) is 0 Å². The minimum absolute atomic E-state index is 0.00817. The van der Waals surface area contributed by atoms with Crippen LogP contribution in [0, 0.1) is 5.82 Å². The fourth-order valence-corrected chi connectivity index (χ4v) is 2.12. The second-order valence-electron chi connectivity index (χ2n) is 4.23. The van der Waals surface area contributed by atoms with Gasteiger partial charge in [0.25, 0.3) is 5.91 Å². The Bertz CT molecular complexity index is 724. The van der Waals surface area contributed by atoms with Crippen LogP contribution in [0.5, 0.6) is 5.75 Å². The monoisotopic (exact) mass is 338 g/mol. The Morgan fingerprint density at radius 1 is 1.27 bits per heavy atom. The van der Waals surface area contributed by atoms with Crippen molar-refractivity contribution in [1.82, 2.24) is 5.32 Å². The quantitative estimate of drug-likeness (QED) is 0.839. The molecular weight excluding hydrogens is 327 g/mol. The number of benzene rings is 2. The third kappa shape index (κ3) is 3.93. The highest BCUT2D eigenvalue weighted by atomic mass is 35.5. The maximum absolute atomic E-state index is 13.5. The lowest BCUT2D eigenvalue weighted by Crippen LogP contribution is -2.34. The van der Waals surface area contributed by atoms with E-state index >= 15 is 0 Å². The molecule has 114 valence electrons. The molecule has 22 heavy (non-hydrogen) atoms. The van der Waals surface area contributed by atoms with Crippen molar-refractivity contribution in [3.63, 3.8) is 0 Å². The first kappa shape index (κ1) is 16.2. The van der Waals surface area contributed by atoms with Crippen LogP contribution in [-0.2, 0) is 0 Å². The summed E-state index contributed by atoms with van der Waals surface area (Å²) in [5.74, 6) is -0.758. The molecular formula is C15H12ClFN2O2S. The molecule has 0 saturated carbocycles. The molecule has 0 heterocycles. The normalized spacial score (nSPS) is 9.95. The molecule has 0 fully saturated rings. The van der Waals surface area contributed by atoms with E-state index in [1.54, 1.807) is 24.3 Å². The highest BCUT2D eigenvalue weighted by Crippen LogP contribution is 2.27. The van der Waals surface area contributed by atoms with Crippen LogP contribution in [0.15, 0.2) is 42.5 Å². The highest BCUT2D eigenvalue weighted by molar-refractivity contribution is 7.80. The van der Waals surface area contributed by atoms with Crippen molar-refractivity contribution in [3.8, 4) is 5.75 Å². The standard InChI is InChI=1S/C15H12ClFN2O2S/c1-21-13-7-6-9(16)8-12(13)18-15(22)19-14(20)10-4-2-3-5-11(10)17/h2-8H,1H3,(H2,18,19,20,22). The second-order valence-corrected chi connectivity index (χ2v) is 5.08. The predicted octanol–water partition coefficient (Wildman–Crippen LogP) is 3.61. The summed E-state index contributed by atoms with van der Waals surface area (Å²) in [6, 6.07) is 10.5. The van der Waals surface area contributed by atoms with E-state index in [9.17, 15) is 9.18 Å². The van der Waals surface area contributed by atoms with Gasteiger partial charge in [0.1, 0.15) is 11.6 Å². The Balaban J connectivity index is 2.09. The molecule has 0 aliphatic rings. The predicted molar refractivity (Wildman–Crippen MR) is 88.1 cm³/mol. The Kier molecular flexibility index (Phi) is 5.30. The molecule has 0 aromatic heterocycles. The van der Waals surface area contributed by atoms with Crippen LogP contribution in [0.2, 0.25) is 5.02 Å². The number of thiocarbonyl (C=S) groups is 1. The van der Waals surface area contributed by atoms with Gasteiger partial charge in [-0.15, -0.1) is 0 Å². The van der Waals surface area contributed by atoms with E-state index in [-0.39, 0.29) is 10.7 Å². The summed E-state index contributed by atoms with van der Waals surface area (Å²) < 4.78 is 18.7. The lowest BCUT2D eigenvalue weighted by atomic mass is 10.2. The number of carbonyl (C=O) groups excluding carboxylic acids is 1. The molecule has 4 nitrogen and oxygen atoms in total. The molecule has 0 spiro atoms. The topological polar surface area (TPSA) is 50.4 Å². The van der Waals surface area contributed by atoms with Gasteiger partial charge >= 0.3 is 0 Å². The average molecular weight is 339 g/mol. The maximum Gasteiger partial charge on any atom is 0.260 e. The number of anilines is 1. The maximum atomic E-state index is 13.5. The van der Waals surface area contributed by atoms with Crippen LogP contribution in [0.4, 0.5) is 10.1 Å². The summed E-state index contributed by atoms with van der Waals surface area (Å²) in [7, 11) is 1.50. The van der Waals surface area contributed by atoms with Crippen LogP contribution in [0.1, 0.15) is 10.4 Å². The molecule has 0 unspecified atom stereocenters. The van der Waals surface area contributed by atoms with Gasteiger partial charge < -0.3 is 10.1 Å². The van der Waals surface area contributed by atoms with Crippen LogP contribution in [-0.4, -0.2) is 18.1 Å². The van der Waals surface area contributed by atoms with E-state index < -0.39 is 11.7 Å². The number of halogens is 2. The number of hydrogen-bond acceptors (Lipinski definition) is 3. The number of amides is 1. The minimum Gasteiger partial charge on any atom is -0.495 e. The molecule has 0 radical (unpaired) electrons. The van der Waals surface area contributed by atoms with Crippen LogP contribution >= 0.6 is 23.8 Å². The van der Waals surface area contributed by atoms with Gasteiger partial charge in [-0.3, -0.25) is 10.1 Å². The van der Waals surface area contributed by atoms with Gasteiger partial charge in [0.15, 0.2) is 5.11 Å². The molecule has 2 aromatic rings. The Hall–Kier alpha value is -2.18. The van der Waals surface area contributed by atoms with Crippen molar-refractivity contribution in [2.75, 3.05) is 12.4 Å². The first-order valence-electron chi connectivity index (χ1n) is 6.21. The van der Waals surface area contributed by atoms with Gasteiger partial charge in [0.05, 0.1) is 18.4 Å². The summed E-state index contributed by atoms with van der Waals surface area (Å²) in [5.41, 5.74) is 0.401. The number of hydrogen-bond donors (Lipinski definition) is 2. The highest BCUT2D eigenvalue weighted by Gasteiger charge is 2.13. The SMILES string of the molecule is COc1ccc(Cl)cc1NC(=S)NC(=O)c1ccccc1F. The first-order valence-corrected chi connectivity index (χ1v) is 7.00. The van der Waals surface area contributed by atoms with Crippen molar-refractivity contribution < 1.29 is 13.9 Å². The zero-order valence-corrected chi connectivity index (χ0v) is 13.1. The Morgan fingerprint density at radius 2 is 2.00 bits per heavy atom. The molecule has 2 aromatic carbocycles. The van der Waals surface area contributed by atoms with Crippen LogP contribution in [0.3, 0.4) is 0 Å². The zero-order valence-electron chi connectivity index (χ0n) is 11.5. The molecule has 7 heteroatoms. The number of methoxy groups -OCH3 is 1. The van der Waals surface area contributed by atoms with Crippen molar-refractivity contribution in [3.05, 3.63) is 58.9 Å². The van der Waals surface area contributed by atoms with Crippen molar-refractivity contribution >= 4 is 40.5 Å². The van der Waals surface area contributed by atoms with E-state index in [0.717, 1.165) is 0 Å². The molecule has 1 amide bonds. The van der Waals surface area contributed by atoms with Crippen molar-refractivity contribution in [2.45, 2.75) is 0 Å². The molecule has 0 saturated heterocycles. The van der Waals surface area contributed by atoms with E-state index in [1.165, 1.54) is 25.3 Å². The van der Waals surface area contributed by atoms with Crippen molar-refractivity contribution in [1.29, 1.82) is 0 Å². The number of rotatable bonds is 3.